The summed E-state index contributed by atoms with van der Waals surface area (Å²) in [6.45, 7) is 1.47. The zero-order chi connectivity index (χ0) is 24.3. The summed E-state index contributed by atoms with van der Waals surface area (Å²) in [5.41, 5.74) is -1.66. The number of nitrogens with zero attached hydrogens (tertiary/aromatic N) is 1. The lowest BCUT2D eigenvalue weighted by Gasteiger charge is -2.19. The number of carbonyl (C=O) groups is 1. The van der Waals surface area contributed by atoms with Gasteiger partial charge in [0.1, 0.15) is 11.5 Å². The molecule has 3 N–H and O–H groups in total. The number of amides is 1. The van der Waals surface area contributed by atoms with Crippen molar-refractivity contribution < 1.29 is 33.5 Å². The zero-order valence-electron chi connectivity index (χ0n) is 17.5. The number of anilines is 1. The second kappa shape index (κ2) is 9.39. The predicted octanol–water partition coefficient (Wildman–Crippen LogP) is 3.58. The number of benzene rings is 2. The Bertz CT molecular complexity index is 1290. The van der Waals surface area contributed by atoms with E-state index in [1.54, 1.807) is 0 Å². The van der Waals surface area contributed by atoms with Crippen molar-refractivity contribution in [3.05, 3.63) is 85.7 Å². The van der Waals surface area contributed by atoms with E-state index in [0.717, 1.165) is 18.2 Å². The molecule has 1 atom stereocenters. The molecule has 0 aliphatic rings. The molecular weight excluding hydrogens is 439 g/mol. The Morgan fingerprint density at radius 1 is 1.21 bits per heavy atom. The minimum absolute atomic E-state index is 0.0374. The summed E-state index contributed by atoms with van der Waals surface area (Å²) >= 11 is 0. The van der Waals surface area contributed by atoms with Crippen LogP contribution in [0.3, 0.4) is 0 Å². The topological polar surface area (TPSA) is 152 Å². The van der Waals surface area contributed by atoms with E-state index in [1.807, 2.05) is 0 Å². The quantitative estimate of drug-likeness (QED) is 0.359. The highest BCUT2D eigenvalue weighted by Gasteiger charge is 2.27. The van der Waals surface area contributed by atoms with E-state index < -0.39 is 46.0 Å². The summed E-state index contributed by atoms with van der Waals surface area (Å²) in [5.74, 6) is -3.18. The highest BCUT2D eigenvalue weighted by Crippen LogP contribution is 2.36. The number of phenols is 1. The van der Waals surface area contributed by atoms with Gasteiger partial charge in [0, 0.05) is 30.2 Å². The van der Waals surface area contributed by atoms with Crippen molar-refractivity contribution in [3.63, 3.8) is 0 Å². The summed E-state index contributed by atoms with van der Waals surface area (Å²) in [6, 6.07) is 8.26. The SMILES string of the molecule is COc1ccc([C@H](CC(=O)Nc2ccc(F)c([N+](=O)[O-])c2)c2c(O)cc(C)oc2=O)cc1O. The van der Waals surface area contributed by atoms with Crippen LogP contribution in [0, 0.1) is 22.9 Å². The Morgan fingerprint density at radius 3 is 2.55 bits per heavy atom. The van der Waals surface area contributed by atoms with Gasteiger partial charge in [-0.3, -0.25) is 14.9 Å². The van der Waals surface area contributed by atoms with Crippen molar-refractivity contribution >= 4 is 17.3 Å². The molecule has 2 aromatic carbocycles. The summed E-state index contributed by atoms with van der Waals surface area (Å²) in [6.07, 6.45) is -0.418. The first-order valence-electron chi connectivity index (χ1n) is 9.55. The van der Waals surface area contributed by atoms with Gasteiger partial charge in [-0.2, -0.15) is 4.39 Å². The first kappa shape index (κ1) is 23.3. The van der Waals surface area contributed by atoms with Gasteiger partial charge in [-0.25, -0.2) is 4.79 Å². The smallest absolute Gasteiger partial charge is 0.343 e. The van der Waals surface area contributed by atoms with Crippen LogP contribution in [0.5, 0.6) is 17.2 Å². The maximum absolute atomic E-state index is 13.6. The van der Waals surface area contributed by atoms with Crippen LogP contribution in [-0.4, -0.2) is 28.2 Å². The van der Waals surface area contributed by atoms with Gasteiger partial charge in [0.05, 0.1) is 17.6 Å². The van der Waals surface area contributed by atoms with E-state index in [9.17, 15) is 34.3 Å². The number of aryl methyl sites for hydroxylation is 1. The maximum atomic E-state index is 13.6. The van der Waals surface area contributed by atoms with Gasteiger partial charge in [0.15, 0.2) is 11.5 Å². The third kappa shape index (κ3) is 5.09. The van der Waals surface area contributed by atoms with Crippen LogP contribution in [-0.2, 0) is 4.79 Å². The molecule has 0 saturated heterocycles. The van der Waals surface area contributed by atoms with Crippen molar-refractivity contribution in [1.82, 2.24) is 0 Å². The van der Waals surface area contributed by atoms with Crippen LogP contribution in [0.2, 0.25) is 0 Å². The lowest BCUT2D eigenvalue weighted by Crippen LogP contribution is -2.21. The van der Waals surface area contributed by atoms with E-state index in [1.165, 1.54) is 38.3 Å². The number of hydrogen-bond acceptors (Lipinski definition) is 8. The van der Waals surface area contributed by atoms with Crippen LogP contribution in [0.4, 0.5) is 15.8 Å². The summed E-state index contributed by atoms with van der Waals surface area (Å²) in [5, 5.41) is 33.9. The average Bonchev–Trinajstić information content (AvgIpc) is 2.73. The number of halogens is 1. The molecule has 0 spiro atoms. The molecule has 11 heteroatoms. The first-order chi connectivity index (χ1) is 15.6. The molecule has 0 bridgehead atoms. The lowest BCUT2D eigenvalue weighted by molar-refractivity contribution is -0.387. The zero-order valence-corrected chi connectivity index (χ0v) is 17.5. The molecule has 0 radical (unpaired) electrons. The molecule has 3 rings (SSSR count). The molecule has 0 aliphatic heterocycles. The van der Waals surface area contributed by atoms with Gasteiger partial charge in [-0.1, -0.05) is 6.07 Å². The summed E-state index contributed by atoms with van der Waals surface area (Å²) in [7, 11) is 1.35. The average molecular weight is 458 g/mol. The van der Waals surface area contributed by atoms with Crippen LogP contribution in [0.15, 0.2) is 51.7 Å². The molecule has 1 amide bonds. The fourth-order valence-electron chi connectivity index (χ4n) is 3.36. The number of carbonyl (C=O) groups excluding carboxylic acids is 1. The highest BCUT2D eigenvalue weighted by atomic mass is 19.1. The van der Waals surface area contributed by atoms with Gasteiger partial charge in [-0.05, 0) is 36.8 Å². The van der Waals surface area contributed by atoms with E-state index >= 15 is 0 Å². The molecule has 1 aromatic heterocycles. The van der Waals surface area contributed by atoms with Crippen molar-refractivity contribution in [3.8, 4) is 17.2 Å². The number of phenolic OH excluding ortho intramolecular Hbond substituents is 1. The number of nitrogens with one attached hydrogen (secondary N) is 1. The van der Waals surface area contributed by atoms with Crippen LogP contribution in [0.1, 0.15) is 29.2 Å². The fraction of sp³-hybridized carbons (Fsp3) is 0.182. The molecular formula is C22H19FN2O8. The van der Waals surface area contributed by atoms with Gasteiger partial charge in [-0.15, -0.1) is 0 Å². The summed E-state index contributed by atoms with van der Waals surface area (Å²) < 4.78 is 23.6. The molecule has 3 aromatic rings. The Hall–Kier alpha value is -4.41. The van der Waals surface area contributed by atoms with Gasteiger partial charge >= 0.3 is 11.3 Å². The van der Waals surface area contributed by atoms with Crippen molar-refractivity contribution in [2.45, 2.75) is 19.3 Å². The monoisotopic (exact) mass is 458 g/mol. The second-order valence-electron chi connectivity index (χ2n) is 7.10. The molecule has 172 valence electrons. The van der Waals surface area contributed by atoms with Crippen LogP contribution < -0.4 is 15.7 Å². The third-order valence-electron chi connectivity index (χ3n) is 4.86. The van der Waals surface area contributed by atoms with Crippen molar-refractivity contribution in [1.29, 1.82) is 0 Å². The van der Waals surface area contributed by atoms with Crippen LogP contribution >= 0.6 is 0 Å². The molecule has 0 saturated carbocycles. The van der Waals surface area contributed by atoms with E-state index in [0.29, 0.717) is 5.56 Å². The molecule has 1 heterocycles. The lowest BCUT2D eigenvalue weighted by atomic mass is 9.88. The molecule has 0 unspecified atom stereocenters. The Labute approximate surface area is 186 Å². The number of methoxy groups -OCH3 is 1. The first-order valence-corrected chi connectivity index (χ1v) is 9.55. The number of nitro benzene ring substituents is 1. The molecule has 10 nitrogen and oxygen atoms in total. The third-order valence-corrected chi connectivity index (χ3v) is 4.86. The van der Waals surface area contributed by atoms with Gasteiger partial charge in [0.25, 0.3) is 0 Å². The molecule has 33 heavy (non-hydrogen) atoms. The Morgan fingerprint density at radius 2 is 1.94 bits per heavy atom. The van der Waals surface area contributed by atoms with Gasteiger partial charge in [0.2, 0.25) is 11.7 Å². The van der Waals surface area contributed by atoms with Crippen molar-refractivity contribution in [2.75, 3.05) is 12.4 Å². The van der Waals surface area contributed by atoms with E-state index in [2.05, 4.69) is 5.32 Å². The number of aromatic hydroxyl groups is 2. The Kier molecular flexibility index (Phi) is 6.61. The standard InChI is InChI=1S/C22H19FN2O8/c1-11-7-18(27)21(22(29)33-11)14(12-3-6-19(32-2)17(26)8-12)10-20(28)24-13-4-5-15(23)16(9-13)25(30)31/h3-9,14,26-27H,10H2,1-2H3,(H,24,28)/t14-/m0/s1. The molecule has 0 aliphatic carbocycles. The number of ether oxygens (including phenoxy) is 1. The number of nitro groups is 1. The minimum atomic E-state index is -1.06. The van der Waals surface area contributed by atoms with Crippen LogP contribution in [0.25, 0.3) is 0 Å². The Balaban J connectivity index is 2.00. The van der Waals surface area contributed by atoms with Gasteiger partial charge < -0.3 is 24.7 Å². The highest BCUT2D eigenvalue weighted by molar-refractivity contribution is 5.92. The number of hydrogen-bond donors (Lipinski definition) is 3. The molecule has 0 fully saturated rings. The van der Waals surface area contributed by atoms with E-state index in [-0.39, 0.29) is 28.5 Å². The predicted molar refractivity (Wildman–Crippen MR) is 114 cm³/mol. The summed E-state index contributed by atoms with van der Waals surface area (Å²) in [4.78, 5) is 35.3. The second-order valence-corrected chi connectivity index (χ2v) is 7.10. The minimum Gasteiger partial charge on any atom is -0.507 e. The normalized spacial score (nSPS) is 11.6. The van der Waals surface area contributed by atoms with Crippen molar-refractivity contribution in [2.24, 2.45) is 0 Å². The fourth-order valence-corrected chi connectivity index (χ4v) is 3.36. The largest absolute Gasteiger partial charge is 0.507 e. The maximum Gasteiger partial charge on any atom is 0.343 e. The number of rotatable bonds is 7. The van der Waals surface area contributed by atoms with E-state index in [4.69, 9.17) is 9.15 Å².